The Hall–Kier alpha value is -1.98. The number of rotatable bonds is 5. The maximum absolute atomic E-state index is 13.6. The van der Waals surface area contributed by atoms with Crippen LogP contribution in [0.15, 0.2) is 65.6 Å². The van der Waals surface area contributed by atoms with E-state index in [2.05, 4.69) is 0 Å². The smallest absolute Gasteiger partial charge is 0.175 e. The van der Waals surface area contributed by atoms with E-state index < -0.39 is 28.6 Å². The van der Waals surface area contributed by atoms with Gasteiger partial charge in [-0.1, -0.05) is 48.0 Å². The third-order valence-electron chi connectivity index (χ3n) is 4.40. The van der Waals surface area contributed by atoms with Crippen molar-refractivity contribution in [2.24, 2.45) is 5.41 Å². The van der Waals surface area contributed by atoms with Crippen molar-refractivity contribution >= 4 is 32.6 Å². The fourth-order valence-electron chi connectivity index (χ4n) is 2.95. The highest BCUT2D eigenvalue weighted by atomic mass is 35.5. The summed E-state index contributed by atoms with van der Waals surface area (Å²) in [6, 6.07) is 13.3. The molecule has 2 aromatic rings. The normalized spacial score (nSPS) is 16.3. The second-order valence-electron chi connectivity index (χ2n) is 6.42. The molecular formula is C20H17ClF2O2S. The van der Waals surface area contributed by atoms with Crippen molar-refractivity contribution in [2.75, 3.05) is 19.6 Å². The molecule has 0 N–H and O–H groups in total. The Morgan fingerprint density at radius 2 is 1.27 bits per heavy atom. The Morgan fingerprint density at radius 1 is 0.846 bits per heavy atom. The third kappa shape index (κ3) is 3.60. The van der Waals surface area contributed by atoms with E-state index >= 15 is 0 Å². The van der Waals surface area contributed by atoms with E-state index in [1.54, 1.807) is 48.6 Å². The Morgan fingerprint density at radius 3 is 1.65 bits per heavy atom. The van der Waals surface area contributed by atoms with Crippen LogP contribution in [0.3, 0.4) is 0 Å². The van der Waals surface area contributed by atoms with E-state index in [1.165, 1.54) is 12.1 Å². The monoisotopic (exact) mass is 394 g/mol. The lowest BCUT2D eigenvalue weighted by Crippen LogP contribution is -2.18. The molecule has 0 bridgehead atoms. The first-order valence-electron chi connectivity index (χ1n) is 7.92. The van der Waals surface area contributed by atoms with Gasteiger partial charge in [0.05, 0.1) is 10.3 Å². The lowest BCUT2D eigenvalue weighted by Gasteiger charge is -2.15. The highest BCUT2D eigenvalue weighted by Crippen LogP contribution is 2.45. The van der Waals surface area contributed by atoms with E-state index in [4.69, 9.17) is 11.6 Å². The van der Waals surface area contributed by atoms with Gasteiger partial charge in [-0.3, -0.25) is 0 Å². The van der Waals surface area contributed by atoms with Crippen LogP contribution < -0.4 is 0 Å². The maximum Gasteiger partial charge on any atom is 0.175 e. The van der Waals surface area contributed by atoms with Gasteiger partial charge >= 0.3 is 0 Å². The Kier molecular flexibility index (Phi) is 5.04. The van der Waals surface area contributed by atoms with Crippen molar-refractivity contribution in [2.45, 2.75) is 4.90 Å². The fraction of sp³-hybridized carbons (Fsp3) is 0.200. The molecule has 0 aliphatic heterocycles. The van der Waals surface area contributed by atoms with Gasteiger partial charge in [0.2, 0.25) is 0 Å². The summed E-state index contributed by atoms with van der Waals surface area (Å²) >= 11 is 5.93. The summed E-state index contributed by atoms with van der Waals surface area (Å²) < 4.78 is 50.5. The molecule has 2 aromatic carbocycles. The topological polar surface area (TPSA) is 34.1 Å². The van der Waals surface area contributed by atoms with Gasteiger partial charge in [-0.05, 0) is 46.5 Å². The molecule has 0 unspecified atom stereocenters. The summed E-state index contributed by atoms with van der Waals surface area (Å²) in [5.41, 5.74) is 1.55. The van der Waals surface area contributed by atoms with Crippen molar-refractivity contribution in [3.63, 3.8) is 0 Å². The van der Waals surface area contributed by atoms with Crippen molar-refractivity contribution < 1.29 is 17.2 Å². The third-order valence-corrected chi connectivity index (χ3v) is 5.78. The first-order valence-corrected chi connectivity index (χ1v) is 10.2. The van der Waals surface area contributed by atoms with E-state index in [9.17, 15) is 17.2 Å². The van der Waals surface area contributed by atoms with Gasteiger partial charge in [0.25, 0.3) is 0 Å². The van der Waals surface area contributed by atoms with Crippen molar-refractivity contribution in [3.05, 3.63) is 76.8 Å². The summed E-state index contributed by atoms with van der Waals surface area (Å²) in [7, 11) is -3.31. The van der Waals surface area contributed by atoms with Crippen LogP contribution in [0.25, 0.3) is 11.1 Å². The van der Waals surface area contributed by atoms with Crippen LogP contribution in [0, 0.1) is 5.41 Å². The summed E-state index contributed by atoms with van der Waals surface area (Å²) in [5.74, 6) is 0. The molecule has 1 aliphatic rings. The zero-order chi connectivity index (χ0) is 18.9. The zero-order valence-corrected chi connectivity index (χ0v) is 15.6. The molecule has 0 amide bonds. The number of benzene rings is 2. The van der Waals surface area contributed by atoms with Crippen molar-refractivity contribution in [3.8, 4) is 0 Å². The minimum Gasteiger partial charge on any atom is -0.250 e. The molecule has 6 heteroatoms. The Bertz CT molecular complexity index is 971. The SMILES string of the molecule is CS(=O)(=O)c1ccc(C2=CC(CF)(CF)C=C2c2ccc(Cl)cc2)cc1. The van der Waals surface area contributed by atoms with Gasteiger partial charge in [0, 0.05) is 11.3 Å². The first-order chi connectivity index (χ1) is 12.3. The van der Waals surface area contributed by atoms with Gasteiger partial charge in [0.1, 0.15) is 13.3 Å². The molecule has 3 rings (SSSR count). The second-order valence-corrected chi connectivity index (χ2v) is 8.87. The minimum atomic E-state index is -3.31. The number of halogens is 3. The first kappa shape index (κ1) is 18.8. The predicted octanol–water partition coefficient (Wildman–Crippen LogP) is 5.15. The van der Waals surface area contributed by atoms with Crippen LogP contribution in [0.1, 0.15) is 11.1 Å². The largest absolute Gasteiger partial charge is 0.250 e. The molecule has 0 saturated carbocycles. The molecule has 0 radical (unpaired) electrons. The van der Waals surface area contributed by atoms with Gasteiger partial charge in [-0.2, -0.15) is 0 Å². The second kappa shape index (κ2) is 6.97. The molecular weight excluding hydrogens is 378 g/mol. The van der Waals surface area contributed by atoms with E-state index in [0.29, 0.717) is 21.7 Å². The Labute approximate surface area is 156 Å². The molecule has 0 atom stereocenters. The molecule has 0 heterocycles. The number of hydrogen-bond donors (Lipinski definition) is 0. The van der Waals surface area contributed by atoms with E-state index in [0.717, 1.165) is 11.8 Å². The predicted molar refractivity (Wildman–Crippen MR) is 101 cm³/mol. The zero-order valence-electron chi connectivity index (χ0n) is 14.0. The summed E-state index contributed by atoms with van der Waals surface area (Å²) in [6.07, 6.45) is 4.30. The van der Waals surface area contributed by atoms with Gasteiger partial charge in [-0.25, -0.2) is 17.2 Å². The van der Waals surface area contributed by atoms with Crippen molar-refractivity contribution in [1.82, 2.24) is 0 Å². The highest BCUT2D eigenvalue weighted by molar-refractivity contribution is 7.90. The molecule has 0 spiro atoms. The quantitative estimate of drug-likeness (QED) is 0.702. The van der Waals surface area contributed by atoms with Crippen molar-refractivity contribution in [1.29, 1.82) is 0 Å². The number of hydrogen-bond acceptors (Lipinski definition) is 2. The van der Waals surface area contributed by atoms with Crippen LogP contribution in [-0.2, 0) is 9.84 Å². The molecule has 2 nitrogen and oxygen atoms in total. The number of allylic oxidation sites excluding steroid dienone is 4. The minimum absolute atomic E-state index is 0.194. The van der Waals surface area contributed by atoms with Gasteiger partial charge in [0.15, 0.2) is 9.84 Å². The average molecular weight is 395 g/mol. The molecule has 0 saturated heterocycles. The molecule has 1 aliphatic carbocycles. The van der Waals surface area contributed by atoms with E-state index in [1.807, 2.05) is 0 Å². The van der Waals surface area contributed by atoms with Crippen LogP contribution in [0.5, 0.6) is 0 Å². The van der Waals surface area contributed by atoms with Crippen LogP contribution in [-0.4, -0.2) is 28.0 Å². The van der Waals surface area contributed by atoms with Crippen LogP contribution in [0.2, 0.25) is 5.02 Å². The maximum atomic E-state index is 13.6. The molecule has 136 valence electrons. The lowest BCUT2D eigenvalue weighted by molar-refractivity contribution is 0.265. The molecule has 0 aromatic heterocycles. The lowest BCUT2D eigenvalue weighted by atomic mass is 9.93. The molecule has 26 heavy (non-hydrogen) atoms. The highest BCUT2D eigenvalue weighted by Gasteiger charge is 2.34. The van der Waals surface area contributed by atoms with Gasteiger partial charge < -0.3 is 0 Å². The number of sulfone groups is 1. The molecule has 0 fully saturated rings. The van der Waals surface area contributed by atoms with Gasteiger partial charge in [-0.15, -0.1) is 0 Å². The standard InChI is InChI=1S/C20H17ClF2O2S/c1-26(24,25)17-8-4-15(5-9-17)19-11-20(12-22,13-23)10-18(19)14-2-6-16(21)7-3-14/h2-11H,12-13H2,1H3. The summed E-state index contributed by atoms with van der Waals surface area (Å²) in [4.78, 5) is 0.194. The fourth-order valence-corrected chi connectivity index (χ4v) is 3.71. The van der Waals surface area contributed by atoms with E-state index in [-0.39, 0.29) is 4.90 Å². The Balaban J connectivity index is 2.10. The van der Waals surface area contributed by atoms with Crippen LogP contribution >= 0.6 is 11.6 Å². The summed E-state index contributed by atoms with van der Waals surface area (Å²) in [5, 5.41) is 0.567. The number of alkyl halides is 2. The average Bonchev–Trinajstić information content (AvgIpc) is 3.02. The summed E-state index contributed by atoms with van der Waals surface area (Å²) in [6.45, 7) is -1.71. The van der Waals surface area contributed by atoms with Crippen LogP contribution in [0.4, 0.5) is 8.78 Å².